The van der Waals surface area contributed by atoms with Gasteiger partial charge in [0.25, 0.3) is 0 Å². The van der Waals surface area contributed by atoms with Gasteiger partial charge in [-0.3, -0.25) is 4.98 Å². The Bertz CT molecular complexity index is 264. The molecule has 1 rings (SSSR count). The van der Waals surface area contributed by atoms with E-state index < -0.39 is 0 Å². The lowest BCUT2D eigenvalue weighted by molar-refractivity contribution is 0.183. The summed E-state index contributed by atoms with van der Waals surface area (Å²) in [5.41, 5.74) is 1.22. The van der Waals surface area contributed by atoms with Crippen molar-refractivity contribution in [3.05, 3.63) is 30.1 Å². The first kappa shape index (κ1) is 12.1. The van der Waals surface area contributed by atoms with Gasteiger partial charge in [-0.05, 0) is 31.9 Å². The highest BCUT2D eigenvalue weighted by atomic mass is 16.5. The van der Waals surface area contributed by atoms with Gasteiger partial charge in [0.2, 0.25) is 0 Å². The van der Waals surface area contributed by atoms with Crippen LogP contribution in [-0.4, -0.2) is 24.7 Å². The second-order valence-corrected chi connectivity index (χ2v) is 3.86. The first-order chi connectivity index (χ1) is 7.24. The average Bonchev–Trinajstić information content (AvgIpc) is 2.27. The van der Waals surface area contributed by atoms with E-state index >= 15 is 0 Å². The maximum atomic E-state index is 5.05. The summed E-state index contributed by atoms with van der Waals surface area (Å²) < 4.78 is 5.05. The number of hydrogen-bond acceptors (Lipinski definition) is 3. The lowest BCUT2D eigenvalue weighted by Gasteiger charge is -2.19. The zero-order valence-corrected chi connectivity index (χ0v) is 9.73. The zero-order chi connectivity index (χ0) is 11.1. The first-order valence-electron chi connectivity index (χ1n) is 5.39. The Morgan fingerprint density at radius 3 is 2.87 bits per heavy atom. The summed E-state index contributed by atoms with van der Waals surface area (Å²) in [7, 11) is 1.73. The molecule has 0 radical (unpaired) electrons. The average molecular weight is 208 g/mol. The zero-order valence-electron chi connectivity index (χ0n) is 9.73. The molecule has 1 aromatic heterocycles. The van der Waals surface area contributed by atoms with Gasteiger partial charge in [-0.25, -0.2) is 0 Å². The fourth-order valence-corrected chi connectivity index (χ4v) is 1.53. The van der Waals surface area contributed by atoms with Crippen LogP contribution in [0.25, 0.3) is 0 Å². The molecule has 3 heteroatoms. The van der Waals surface area contributed by atoms with E-state index in [2.05, 4.69) is 30.2 Å². The third-order valence-corrected chi connectivity index (χ3v) is 2.47. The Kier molecular flexibility index (Phi) is 5.29. The topological polar surface area (TPSA) is 34.1 Å². The van der Waals surface area contributed by atoms with E-state index in [1.54, 1.807) is 13.3 Å². The molecule has 0 fully saturated rings. The molecule has 1 N–H and O–H groups in total. The molecule has 0 aliphatic rings. The van der Waals surface area contributed by atoms with Crippen molar-refractivity contribution in [3.63, 3.8) is 0 Å². The molecule has 1 unspecified atom stereocenters. The third-order valence-electron chi connectivity index (χ3n) is 2.47. The van der Waals surface area contributed by atoms with E-state index in [4.69, 9.17) is 4.74 Å². The monoisotopic (exact) mass is 208 g/mol. The minimum absolute atomic E-state index is 0.338. The fourth-order valence-electron chi connectivity index (χ4n) is 1.53. The number of rotatable bonds is 6. The van der Waals surface area contributed by atoms with Gasteiger partial charge in [-0.15, -0.1) is 0 Å². The van der Waals surface area contributed by atoms with Gasteiger partial charge >= 0.3 is 0 Å². The van der Waals surface area contributed by atoms with Gasteiger partial charge in [0.05, 0.1) is 0 Å². The van der Waals surface area contributed by atoms with E-state index in [1.807, 2.05) is 12.3 Å². The summed E-state index contributed by atoms with van der Waals surface area (Å²) >= 11 is 0. The molecule has 0 bridgehead atoms. The van der Waals surface area contributed by atoms with Crippen molar-refractivity contribution in [1.82, 2.24) is 10.3 Å². The largest absolute Gasteiger partial charge is 0.385 e. The maximum Gasteiger partial charge on any atom is 0.0476 e. The summed E-state index contributed by atoms with van der Waals surface area (Å²) in [5.74, 6) is 0. The number of ether oxygens (including phenoxy) is 1. The van der Waals surface area contributed by atoms with Crippen molar-refractivity contribution in [2.75, 3.05) is 13.7 Å². The summed E-state index contributed by atoms with van der Waals surface area (Å²) in [5, 5.41) is 3.51. The minimum atomic E-state index is 0.338. The van der Waals surface area contributed by atoms with Crippen molar-refractivity contribution < 1.29 is 4.74 Å². The fraction of sp³-hybridized carbons (Fsp3) is 0.583. The Labute approximate surface area is 91.9 Å². The van der Waals surface area contributed by atoms with Crippen molar-refractivity contribution >= 4 is 0 Å². The number of pyridine rings is 1. The van der Waals surface area contributed by atoms with Gasteiger partial charge in [0.1, 0.15) is 0 Å². The molecule has 3 nitrogen and oxygen atoms in total. The Balaban J connectivity index is 2.38. The molecule has 0 aromatic carbocycles. The lowest BCUT2D eigenvalue weighted by atomic mass is 10.1. The van der Waals surface area contributed by atoms with Crippen LogP contribution in [0.1, 0.15) is 31.9 Å². The molecule has 0 saturated carbocycles. The van der Waals surface area contributed by atoms with Crippen molar-refractivity contribution in [2.24, 2.45) is 0 Å². The SMILES string of the molecule is COCCC(C)N[C@H](C)c1cccnc1. The van der Waals surface area contributed by atoms with Crippen LogP contribution in [0.4, 0.5) is 0 Å². The molecule has 2 atom stereocenters. The van der Waals surface area contributed by atoms with E-state index in [9.17, 15) is 0 Å². The Morgan fingerprint density at radius 2 is 2.27 bits per heavy atom. The molecule has 84 valence electrons. The quantitative estimate of drug-likeness (QED) is 0.778. The van der Waals surface area contributed by atoms with Gasteiger partial charge < -0.3 is 10.1 Å². The highest BCUT2D eigenvalue weighted by molar-refractivity contribution is 5.12. The third kappa shape index (κ3) is 4.40. The van der Waals surface area contributed by atoms with Gasteiger partial charge in [0, 0.05) is 38.2 Å². The number of nitrogens with one attached hydrogen (secondary N) is 1. The molecule has 0 aliphatic carbocycles. The van der Waals surface area contributed by atoms with Crippen LogP contribution in [0.5, 0.6) is 0 Å². The molecule has 0 spiro atoms. The van der Waals surface area contributed by atoms with E-state index in [0.29, 0.717) is 12.1 Å². The number of aromatic nitrogens is 1. The minimum Gasteiger partial charge on any atom is -0.385 e. The Morgan fingerprint density at radius 1 is 1.47 bits per heavy atom. The maximum absolute atomic E-state index is 5.05. The first-order valence-corrected chi connectivity index (χ1v) is 5.39. The highest BCUT2D eigenvalue weighted by Gasteiger charge is 2.08. The normalized spacial score (nSPS) is 14.9. The predicted octanol–water partition coefficient (Wildman–Crippen LogP) is 2.16. The van der Waals surface area contributed by atoms with Crippen LogP contribution in [0.15, 0.2) is 24.5 Å². The summed E-state index contributed by atoms with van der Waals surface area (Å²) in [4.78, 5) is 4.11. The molecule has 0 saturated heterocycles. The Hall–Kier alpha value is -0.930. The van der Waals surface area contributed by atoms with Gasteiger partial charge in [0.15, 0.2) is 0 Å². The van der Waals surface area contributed by atoms with E-state index in [0.717, 1.165) is 13.0 Å². The van der Waals surface area contributed by atoms with Gasteiger partial charge in [-0.1, -0.05) is 6.07 Å². The molecule has 1 heterocycles. The molecule has 0 amide bonds. The predicted molar refractivity (Wildman–Crippen MR) is 61.7 cm³/mol. The van der Waals surface area contributed by atoms with Crippen LogP contribution < -0.4 is 5.32 Å². The smallest absolute Gasteiger partial charge is 0.0476 e. The van der Waals surface area contributed by atoms with Crippen LogP contribution >= 0.6 is 0 Å². The highest BCUT2D eigenvalue weighted by Crippen LogP contribution is 2.11. The standard InChI is InChI=1S/C12H20N2O/c1-10(6-8-15-3)14-11(2)12-5-4-7-13-9-12/h4-5,7,9-11,14H,6,8H2,1-3H3/t10?,11-/m1/s1. The van der Waals surface area contributed by atoms with Crippen molar-refractivity contribution in [3.8, 4) is 0 Å². The van der Waals surface area contributed by atoms with Gasteiger partial charge in [-0.2, -0.15) is 0 Å². The van der Waals surface area contributed by atoms with Crippen molar-refractivity contribution in [1.29, 1.82) is 0 Å². The van der Waals surface area contributed by atoms with Crippen LogP contribution in [-0.2, 0) is 4.74 Å². The van der Waals surface area contributed by atoms with Crippen LogP contribution in [0.2, 0.25) is 0 Å². The van der Waals surface area contributed by atoms with Crippen LogP contribution in [0.3, 0.4) is 0 Å². The summed E-state index contributed by atoms with van der Waals surface area (Å²) in [6, 6.07) is 4.85. The lowest BCUT2D eigenvalue weighted by Crippen LogP contribution is -2.29. The summed E-state index contributed by atoms with van der Waals surface area (Å²) in [6.45, 7) is 5.13. The van der Waals surface area contributed by atoms with Crippen LogP contribution in [0, 0.1) is 0 Å². The molecule has 0 aliphatic heterocycles. The number of hydrogen-bond donors (Lipinski definition) is 1. The van der Waals surface area contributed by atoms with Crippen molar-refractivity contribution in [2.45, 2.75) is 32.4 Å². The second kappa shape index (κ2) is 6.53. The molecular formula is C12H20N2O. The number of methoxy groups -OCH3 is 1. The van der Waals surface area contributed by atoms with E-state index in [1.165, 1.54) is 5.56 Å². The number of nitrogens with zero attached hydrogens (tertiary/aromatic N) is 1. The molecular weight excluding hydrogens is 188 g/mol. The second-order valence-electron chi connectivity index (χ2n) is 3.86. The molecule has 1 aromatic rings. The summed E-state index contributed by atoms with van der Waals surface area (Å²) in [6.07, 6.45) is 4.73. The molecule has 15 heavy (non-hydrogen) atoms. The van der Waals surface area contributed by atoms with E-state index in [-0.39, 0.29) is 0 Å².